The minimum atomic E-state index is -1.71. The van der Waals surface area contributed by atoms with Crippen molar-refractivity contribution < 1.29 is 9.63 Å². The first-order valence-corrected chi connectivity index (χ1v) is 7.47. The van der Waals surface area contributed by atoms with Gasteiger partial charge in [-0.15, -0.1) is 0 Å². The molecule has 1 atom stereocenters. The van der Waals surface area contributed by atoms with Crippen LogP contribution in [0, 0.1) is 0 Å². The molecule has 4 heteroatoms. The minimum Gasteiger partial charge on any atom is -0.411 e. The fourth-order valence-electron chi connectivity index (χ4n) is 0.766. The Morgan fingerprint density at radius 3 is 2.15 bits per heavy atom. The third-order valence-electron chi connectivity index (χ3n) is 2.56. The zero-order chi connectivity index (χ0) is 10.7. The molecule has 0 unspecified atom stereocenters. The third-order valence-corrected chi connectivity index (χ3v) is 7.14. The van der Waals surface area contributed by atoms with Gasteiger partial charge in [-0.25, -0.2) is 0 Å². The van der Waals surface area contributed by atoms with Crippen molar-refractivity contribution in [3.63, 3.8) is 0 Å². The number of oxime groups is 1. The lowest BCUT2D eigenvalue weighted by Gasteiger charge is -2.37. The van der Waals surface area contributed by atoms with Crippen LogP contribution in [0.3, 0.4) is 0 Å². The maximum Gasteiger partial charge on any atom is 0.192 e. The lowest BCUT2D eigenvalue weighted by molar-refractivity contribution is 0.252. The Hall–Kier alpha value is -0.353. The second kappa shape index (κ2) is 4.24. The highest BCUT2D eigenvalue weighted by molar-refractivity contribution is 6.74. The van der Waals surface area contributed by atoms with E-state index in [0.29, 0.717) is 0 Å². The van der Waals surface area contributed by atoms with Gasteiger partial charge >= 0.3 is 0 Å². The highest BCUT2D eigenvalue weighted by atomic mass is 28.4. The van der Waals surface area contributed by atoms with Gasteiger partial charge in [0.05, 0.1) is 12.3 Å². The molecule has 0 aromatic carbocycles. The van der Waals surface area contributed by atoms with E-state index in [4.69, 9.17) is 9.63 Å². The average molecular weight is 203 g/mol. The maximum atomic E-state index is 8.34. The van der Waals surface area contributed by atoms with Crippen molar-refractivity contribution in [1.29, 1.82) is 0 Å². The van der Waals surface area contributed by atoms with Gasteiger partial charge < -0.3 is 9.63 Å². The molecule has 0 rings (SSSR count). The number of rotatable bonds is 3. The van der Waals surface area contributed by atoms with Crippen LogP contribution in [0.5, 0.6) is 0 Å². The summed E-state index contributed by atoms with van der Waals surface area (Å²) in [6.07, 6.45) is 1.31. The van der Waals surface area contributed by atoms with E-state index in [2.05, 4.69) is 39.0 Å². The van der Waals surface area contributed by atoms with Crippen molar-refractivity contribution >= 4 is 14.5 Å². The molecule has 78 valence electrons. The standard InChI is InChI=1S/C9H21NO2Si/c1-8(7-10-11)12-13(5,6)9(2,3)4/h7-8,11H,1-6H3/b10-7+/t8-/m0/s1. The Bertz CT molecular complexity index is 185. The molecule has 13 heavy (non-hydrogen) atoms. The second-order valence-corrected chi connectivity index (χ2v) is 9.60. The normalized spacial score (nSPS) is 16.5. The van der Waals surface area contributed by atoms with Crippen LogP contribution >= 0.6 is 0 Å². The van der Waals surface area contributed by atoms with Gasteiger partial charge in [0.15, 0.2) is 8.32 Å². The molecule has 1 N–H and O–H groups in total. The molecule has 0 radical (unpaired) electrons. The van der Waals surface area contributed by atoms with Crippen LogP contribution in [0.1, 0.15) is 27.7 Å². The molecule has 3 nitrogen and oxygen atoms in total. The predicted octanol–water partition coefficient (Wildman–Crippen LogP) is 2.86. The van der Waals surface area contributed by atoms with Crippen molar-refractivity contribution in [2.24, 2.45) is 5.16 Å². The van der Waals surface area contributed by atoms with Crippen molar-refractivity contribution in [2.45, 2.75) is 51.9 Å². The first-order valence-electron chi connectivity index (χ1n) is 4.56. The molecule has 0 spiro atoms. The zero-order valence-corrected chi connectivity index (χ0v) is 10.5. The fraction of sp³-hybridized carbons (Fsp3) is 0.889. The molecule has 0 saturated carbocycles. The molecular formula is C9H21NO2Si. The van der Waals surface area contributed by atoms with Crippen LogP contribution in [0.2, 0.25) is 18.1 Å². The van der Waals surface area contributed by atoms with Gasteiger partial charge in [-0.3, -0.25) is 0 Å². The molecule has 0 amide bonds. The quantitative estimate of drug-likeness (QED) is 0.332. The second-order valence-electron chi connectivity index (χ2n) is 4.85. The summed E-state index contributed by atoms with van der Waals surface area (Å²) in [4.78, 5) is 0. The third kappa shape index (κ3) is 3.91. The van der Waals surface area contributed by atoms with Gasteiger partial charge in [0.1, 0.15) is 0 Å². The van der Waals surface area contributed by atoms with Crippen LogP contribution in [-0.2, 0) is 4.43 Å². The molecule has 0 saturated heterocycles. The molecule has 0 heterocycles. The van der Waals surface area contributed by atoms with E-state index in [1.54, 1.807) is 0 Å². The van der Waals surface area contributed by atoms with Gasteiger partial charge in [0, 0.05) is 0 Å². The zero-order valence-electron chi connectivity index (χ0n) is 9.46. The molecule has 0 aliphatic heterocycles. The van der Waals surface area contributed by atoms with Crippen molar-refractivity contribution in [3.05, 3.63) is 0 Å². The van der Waals surface area contributed by atoms with Crippen LogP contribution < -0.4 is 0 Å². The minimum absolute atomic E-state index is 0.106. The summed E-state index contributed by atoms with van der Waals surface area (Å²) in [5, 5.41) is 11.5. The maximum absolute atomic E-state index is 8.34. The Balaban J connectivity index is 4.33. The highest BCUT2D eigenvalue weighted by Gasteiger charge is 2.38. The summed E-state index contributed by atoms with van der Waals surface area (Å²) in [7, 11) is -1.71. The van der Waals surface area contributed by atoms with Gasteiger partial charge in [0.25, 0.3) is 0 Å². The van der Waals surface area contributed by atoms with Crippen LogP contribution in [0.25, 0.3) is 0 Å². The van der Waals surface area contributed by atoms with Crippen molar-refractivity contribution in [2.75, 3.05) is 0 Å². The highest BCUT2D eigenvalue weighted by Crippen LogP contribution is 2.37. The molecular weight excluding hydrogens is 182 g/mol. The van der Waals surface area contributed by atoms with E-state index in [-0.39, 0.29) is 11.1 Å². The summed E-state index contributed by atoms with van der Waals surface area (Å²) in [6.45, 7) is 12.8. The molecule has 0 aliphatic rings. The average Bonchev–Trinajstić information content (AvgIpc) is 1.83. The molecule has 0 bridgehead atoms. The predicted molar refractivity (Wildman–Crippen MR) is 58.0 cm³/mol. The van der Waals surface area contributed by atoms with Crippen LogP contribution in [0.15, 0.2) is 5.16 Å². The smallest absolute Gasteiger partial charge is 0.192 e. The molecule has 0 fully saturated rings. The Morgan fingerprint density at radius 1 is 1.38 bits per heavy atom. The first kappa shape index (κ1) is 12.6. The summed E-state index contributed by atoms with van der Waals surface area (Å²) in [6, 6.07) is 0. The Kier molecular flexibility index (Phi) is 4.12. The van der Waals surface area contributed by atoms with Crippen molar-refractivity contribution in [3.8, 4) is 0 Å². The van der Waals surface area contributed by atoms with Crippen LogP contribution in [-0.4, -0.2) is 25.8 Å². The topological polar surface area (TPSA) is 41.8 Å². The largest absolute Gasteiger partial charge is 0.411 e. The van der Waals surface area contributed by atoms with Gasteiger partial charge in [-0.2, -0.15) is 0 Å². The number of hydrogen-bond donors (Lipinski definition) is 1. The Labute approximate surface area is 81.9 Å². The molecule has 0 aliphatic carbocycles. The van der Waals surface area contributed by atoms with Gasteiger partial charge in [0.2, 0.25) is 0 Å². The summed E-state index contributed by atoms with van der Waals surface area (Å²) in [5.74, 6) is 0. The number of hydrogen-bond acceptors (Lipinski definition) is 3. The van der Waals surface area contributed by atoms with E-state index >= 15 is 0 Å². The monoisotopic (exact) mass is 203 g/mol. The SMILES string of the molecule is C[C@@H](/C=N/O)O[Si](C)(C)C(C)(C)C. The summed E-state index contributed by atoms with van der Waals surface area (Å²) >= 11 is 0. The van der Waals surface area contributed by atoms with E-state index < -0.39 is 8.32 Å². The lowest BCUT2D eigenvalue weighted by atomic mass is 10.2. The van der Waals surface area contributed by atoms with Gasteiger partial charge in [-0.05, 0) is 25.1 Å². The first-order chi connectivity index (χ1) is 5.70. The van der Waals surface area contributed by atoms with E-state index in [0.717, 1.165) is 0 Å². The van der Waals surface area contributed by atoms with E-state index in [1.807, 2.05) is 6.92 Å². The van der Waals surface area contributed by atoms with E-state index in [9.17, 15) is 0 Å². The van der Waals surface area contributed by atoms with Crippen molar-refractivity contribution in [1.82, 2.24) is 0 Å². The fourth-order valence-corrected chi connectivity index (χ4v) is 2.11. The molecule has 0 aromatic heterocycles. The van der Waals surface area contributed by atoms with Gasteiger partial charge in [-0.1, -0.05) is 25.9 Å². The lowest BCUT2D eigenvalue weighted by Crippen LogP contribution is -2.43. The van der Waals surface area contributed by atoms with E-state index in [1.165, 1.54) is 6.21 Å². The van der Waals surface area contributed by atoms with Crippen LogP contribution in [0.4, 0.5) is 0 Å². The Morgan fingerprint density at radius 2 is 1.85 bits per heavy atom. The molecule has 0 aromatic rings. The summed E-state index contributed by atoms with van der Waals surface area (Å²) < 4.78 is 5.87. The summed E-state index contributed by atoms with van der Waals surface area (Å²) in [5.41, 5.74) is 0. The number of nitrogens with zero attached hydrogens (tertiary/aromatic N) is 1.